The number of nitrogens with zero attached hydrogens (tertiary/aromatic N) is 4. The fraction of sp³-hybridized carbons (Fsp3) is 0.348. The van der Waals surface area contributed by atoms with Gasteiger partial charge < -0.3 is 14.4 Å². The van der Waals surface area contributed by atoms with E-state index in [1.165, 1.54) is 0 Å². The highest BCUT2D eigenvalue weighted by Crippen LogP contribution is 2.27. The largest absolute Gasteiger partial charge is 0.491 e. The Labute approximate surface area is 175 Å². The highest BCUT2D eigenvalue weighted by molar-refractivity contribution is 5.59. The van der Waals surface area contributed by atoms with Gasteiger partial charge in [-0.1, -0.05) is 12.1 Å². The molecule has 0 amide bonds. The molecule has 0 aliphatic carbocycles. The molecule has 0 bridgehead atoms. The van der Waals surface area contributed by atoms with E-state index in [0.29, 0.717) is 31.3 Å². The van der Waals surface area contributed by atoms with Crippen molar-refractivity contribution in [2.75, 3.05) is 24.6 Å². The van der Waals surface area contributed by atoms with Crippen molar-refractivity contribution in [3.05, 3.63) is 70.8 Å². The van der Waals surface area contributed by atoms with Gasteiger partial charge in [0, 0.05) is 37.6 Å². The van der Waals surface area contributed by atoms with E-state index in [4.69, 9.17) is 14.5 Å². The van der Waals surface area contributed by atoms with Crippen LogP contribution in [-0.2, 0) is 11.8 Å². The van der Waals surface area contributed by atoms with Gasteiger partial charge in [0.15, 0.2) is 0 Å². The van der Waals surface area contributed by atoms with Gasteiger partial charge in [0.2, 0.25) is 5.95 Å². The quantitative estimate of drug-likeness (QED) is 0.648. The van der Waals surface area contributed by atoms with Gasteiger partial charge in [0.1, 0.15) is 11.9 Å². The van der Waals surface area contributed by atoms with E-state index in [1.807, 2.05) is 50.2 Å². The Morgan fingerprint density at radius 1 is 1.13 bits per heavy atom. The van der Waals surface area contributed by atoms with Crippen molar-refractivity contribution >= 4 is 5.95 Å². The molecular weight excluding hydrogens is 380 g/mol. The van der Waals surface area contributed by atoms with Crippen LogP contribution in [0.4, 0.5) is 5.95 Å². The molecule has 1 unspecified atom stereocenters. The van der Waals surface area contributed by atoms with Crippen molar-refractivity contribution in [3.63, 3.8) is 0 Å². The Morgan fingerprint density at radius 2 is 1.87 bits per heavy atom. The number of hydrogen-bond acceptors (Lipinski definition) is 6. The Kier molecular flexibility index (Phi) is 5.81. The second kappa shape index (κ2) is 8.67. The van der Waals surface area contributed by atoms with Crippen LogP contribution >= 0.6 is 0 Å². The first-order chi connectivity index (χ1) is 14.5. The molecule has 3 aromatic rings. The molecule has 0 saturated carbocycles. The maximum Gasteiger partial charge on any atom is 0.255 e. The molecule has 1 aliphatic rings. The fourth-order valence-electron chi connectivity index (χ4n) is 3.55. The monoisotopic (exact) mass is 406 g/mol. The van der Waals surface area contributed by atoms with E-state index < -0.39 is 0 Å². The number of hydrogen-bond donors (Lipinski definition) is 0. The summed E-state index contributed by atoms with van der Waals surface area (Å²) in [5.74, 6) is 1.48. The lowest BCUT2D eigenvalue weighted by atomic mass is 10.1. The molecular formula is C23H26N4O3. The molecule has 3 heterocycles. The predicted molar refractivity (Wildman–Crippen MR) is 116 cm³/mol. The van der Waals surface area contributed by atoms with Crippen LogP contribution in [0.1, 0.15) is 25.5 Å². The van der Waals surface area contributed by atoms with Gasteiger partial charge in [0.05, 0.1) is 24.9 Å². The highest BCUT2D eigenvalue weighted by Gasteiger charge is 2.25. The van der Waals surface area contributed by atoms with Crippen molar-refractivity contribution in [2.24, 2.45) is 7.05 Å². The van der Waals surface area contributed by atoms with Crippen molar-refractivity contribution in [3.8, 4) is 17.0 Å². The summed E-state index contributed by atoms with van der Waals surface area (Å²) in [6.07, 6.45) is 3.43. The molecule has 30 heavy (non-hydrogen) atoms. The number of pyridine rings is 1. The van der Waals surface area contributed by atoms with Crippen LogP contribution < -0.4 is 15.2 Å². The van der Waals surface area contributed by atoms with E-state index in [2.05, 4.69) is 9.88 Å². The molecule has 7 nitrogen and oxygen atoms in total. The van der Waals surface area contributed by atoms with Gasteiger partial charge in [-0.3, -0.25) is 14.3 Å². The third-order valence-electron chi connectivity index (χ3n) is 5.06. The SMILES string of the molecule is CC(C)Oc1ccc(C2CN(c3nc(-c4ccncc4)cc(=O)n3C)CCO2)cc1. The summed E-state index contributed by atoms with van der Waals surface area (Å²) in [5, 5.41) is 0. The summed E-state index contributed by atoms with van der Waals surface area (Å²) in [6.45, 7) is 5.86. The molecule has 1 atom stereocenters. The first-order valence-electron chi connectivity index (χ1n) is 10.1. The number of ether oxygens (including phenoxy) is 2. The fourth-order valence-corrected chi connectivity index (χ4v) is 3.55. The molecule has 0 radical (unpaired) electrons. The number of benzene rings is 1. The number of morpholine rings is 1. The maximum atomic E-state index is 12.6. The lowest BCUT2D eigenvalue weighted by Gasteiger charge is -2.34. The summed E-state index contributed by atoms with van der Waals surface area (Å²) < 4.78 is 13.3. The molecule has 0 N–H and O–H groups in total. The molecule has 1 saturated heterocycles. The predicted octanol–water partition coefficient (Wildman–Crippen LogP) is 3.21. The van der Waals surface area contributed by atoms with Gasteiger partial charge in [-0.25, -0.2) is 4.98 Å². The molecule has 1 aliphatic heterocycles. The second-order valence-electron chi connectivity index (χ2n) is 7.62. The van der Waals surface area contributed by atoms with Crippen LogP contribution in [0.15, 0.2) is 59.7 Å². The average Bonchev–Trinajstić information content (AvgIpc) is 2.76. The third kappa shape index (κ3) is 4.36. The zero-order valence-corrected chi connectivity index (χ0v) is 17.5. The minimum Gasteiger partial charge on any atom is -0.491 e. The molecule has 0 spiro atoms. The van der Waals surface area contributed by atoms with E-state index >= 15 is 0 Å². The second-order valence-corrected chi connectivity index (χ2v) is 7.62. The number of aromatic nitrogens is 3. The Hall–Kier alpha value is -3.19. The van der Waals surface area contributed by atoms with Crippen LogP contribution in [0.25, 0.3) is 11.3 Å². The van der Waals surface area contributed by atoms with E-state index in [0.717, 1.165) is 16.9 Å². The minimum atomic E-state index is -0.103. The number of anilines is 1. The van der Waals surface area contributed by atoms with Crippen LogP contribution in [0.5, 0.6) is 5.75 Å². The van der Waals surface area contributed by atoms with Crippen LogP contribution in [0, 0.1) is 0 Å². The van der Waals surface area contributed by atoms with Crippen molar-refractivity contribution in [2.45, 2.75) is 26.1 Å². The first kappa shape index (κ1) is 20.1. The van der Waals surface area contributed by atoms with Gasteiger partial charge in [-0.05, 0) is 43.7 Å². The van der Waals surface area contributed by atoms with Gasteiger partial charge in [-0.2, -0.15) is 0 Å². The Bertz CT molecular complexity index is 1050. The zero-order valence-electron chi connectivity index (χ0n) is 17.5. The highest BCUT2D eigenvalue weighted by atomic mass is 16.5. The summed E-state index contributed by atoms with van der Waals surface area (Å²) >= 11 is 0. The maximum absolute atomic E-state index is 12.6. The molecule has 1 fully saturated rings. The minimum absolute atomic E-state index is 0.0926. The number of rotatable bonds is 5. The van der Waals surface area contributed by atoms with Crippen molar-refractivity contribution in [1.82, 2.24) is 14.5 Å². The van der Waals surface area contributed by atoms with E-state index in [1.54, 1.807) is 30.1 Å². The van der Waals surface area contributed by atoms with Crippen molar-refractivity contribution in [1.29, 1.82) is 0 Å². The average molecular weight is 406 g/mol. The van der Waals surface area contributed by atoms with E-state index in [9.17, 15) is 4.79 Å². The normalized spacial score (nSPS) is 16.7. The molecule has 4 rings (SSSR count). The van der Waals surface area contributed by atoms with Gasteiger partial charge in [0.25, 0.3) is 5.56 Å². The third-order valence-corrected chi connectivity index (χ3v) is 5.06. The Morgan fingerprint density at radius 3 is 2.57 bits per heavy atom. The topological polar surface area (TPSA) is 69.5 Å². The molecule has 1 aromatic carbocycles. The molecule has 2 aromatic heterocycles. The van der Waals surface area contributed by atoms with Crippen molar-refractivity contribution < 1.29 is 9.47 Å². The lowest BCUT2D eigenvalue weighted by molar-refractivity contribution is 0.0389. The first-order valence-corrected chi connectivity index (χ1v) is 10.1. The summed E-state index contributed by atoms with van der Waals surface area (Å²) in [6, 6.07) is 13.3. The smallest absolute Gasteiger partial charge is 0.255 e. The van der Waals surface area contributed by atoms with Crippen LogP contribution in [0.3, 0.4) is 0 Å². The van der Waals surface area contributed by atoms with Gasteiger partial charge in [-0.15, -0.1) is 0 Å². The summed E-state index contributed by atoms with van der Waals surface area (Å²) in [7, 11) is 1.75. The summed E-state index contributed by atoms with van der Waals surface area (Å²) in [4.78, 5) is 23.5. The Balaban J connectivity index is 1.59. The van der Waals surface area contributed by atoms with Crippen LogP contribution in [0.2, 0.25) is 0 Å². The molecule has 156 valence electrons. The lowest BCUT2D eigenvalue weighted by Crippen LogP contribution is -2.41. The molecule has 7 heteroatoms. The standard InChI is InChI=1S/C23H26N4O3/c1-16(2)30-19-6-4-18(5-7-19)21-15-27(12-13-29-21)23-25-20(14-22(28)26(23)3)17-8-10-24-11-9-17/h4-11,14,16,21H,12-13,15H2,1-3H3. The van der Waals surface area contributed by atoms with E-state index in [-0.39, 0.29) is 17.8 Å². The van der Waals surface area contributed by atoms with Gasteiger partial charge >= 0.3 is 0 Å². The zero-order chi connectivity index (χ0) is 21.1. The summed E-state index contributed by atoms with van der Waals surface area (Å²) in [5.41, 5.74) is 2.50. The van der Waals surface area contributed by atoms with Crippen LogP contribution in [-0.4, -0.2) is 40.3 Å².